The Morgan fingerprint density at radius 3 is 2.44 bits per heavy atom. The van der Waals surface area contributed by atoms with Gasteiger partial charge in [0, 0.05) is 48.6 Å². The molecule has 184 valence electrons. The Morgan fingerprint density at radius 2 is 1.88 bits per heavy atom. The molecule has 10 nitrogen and oxygen atoms in total. The van der Waals surface area contributed by atoms with Crippen LogP contribution in [-0.2, 0) is 24.3 Å². The molecule has 1 aromatic carbocycles. The van der Waals surface area contributed by atoms with Gasteiger partial charge in [0.05, 0.1) is 16.6 Å². The van der Waals surface area contributed by atoms with Crippen molar-refractivity contribution in [3.8, 4) is 0 Å². The van der Waals surface area contributed by atoms with Crippen LogP contribution in [0.1, 0.15) is 39.2 Å². The van der Waals surface area contributed by atoms with Crippen molar-refractivity contribution in [3.05, 3.63) is 75.1 Å². The fourth-order valence-electron chi connectivity index (χ4n) is 3.71. The van der Waals surface area contributed by atoms with Crippen molar-refractivity contribution in [1.29, 1.82) is 0 Å². The molecule has 0 radical (unpaired) electrons. The van der Waals surface area contributed by atoms with Gasteiger partial charge in [-0.1, -0.05) is 18.2 Å². The molecule has 34 heavy (non-hydrogen) atoms. The van der Waals surface area contributed by atoms with Crippen LogP contribution in [-0.4, -0.2) is 54.8 Å². The normalized spacial score (nSPS) is 16.5. The molecule has 1 N–H and O–H groups in total. The first-order valence-corrected chi connectivity index (χ1v) is 12.1. The number of benzene rings is 1. The SMILES string of the molecule is C=CCN(C)S(=O)(=O)CC(=O)C1=C(C)NC(C)=C(C(=O)OC(C)C)C1c1cccc([N+](=O)[O-])c1. The van der Waals surface area contributed by atoms with Gasteiger partial charge in [0.15, 0.2) is 5.78 Å². The Balaban J connectivity index is 2.67. The van der Waals surface area contributed by atoms with Gasteiger partial charge in [0.25, 0.3) is 5.69 Å². The van der Waals surface area contributed by atoms with E-state index in [1.807, 2.05) is 0 Å². The molecule has 0 saturated carbocycles. The summed E-state index contributed by atoms with van der Waals surface area (Å²) in [7, 11) is -2.65. The zero-order valence-electron chi connectivity index (χ0n) is 19.8. The number of likely N-dealkylation sites (N-methyl/N-ethyl adjacent to an activating group) is 1. The molecule has 0 bridgehead atoms. The number of nitrogens with one attached hydrogen (secondary N) is 1. The molecule has 1 aliphatic heterocycles. The number of hydrogen-bond acceptors (Lipinski definition) is 8. The molecule has 1 aromatic rings. The standard InChI is InChI=1S/C23H29N3O7S/c1-7-11-25(6)34(31,32)13-19(27)20-15(4)24-16(5)21(23(28)33-14(2)3)22(20)17-9-8-10-18(12-17)26(29)30/h7-10,12,14,22,24H,1,11,13H2,2-6H3. The predicted molar refractivity (Wildman–Crippen MR) is 127 cm³/mol. The fraction of sp³-hybridized carbons (Fsp3) is 0.391. The van der Waals surface area contributed by atoms with Crippen molar-refractivity contribution in [2.75, 3.05) is 19.3 Å². The highest BCUT2D eigenvalue weighted by Crippen LogP contribution is 2.40. The number of sulfonamides is 1. The van der Waals surface area contributed by atoms with Crippen LogP contribution >= 0.6 is 0 Å². The van der Waals surface area contributed by atoms with E-state index in [2.05, 4.69) is 11.9 Å². The number of esters is 1. The van der Waals surface area contributed by atoms with Crippen LogP contribution in [0, 0.1) is 10.1 Å². The average Bonchev–Trinajstić information content (AvgIpc) is 2.72. The van der Waals surface area contributed by atoms with E-state index in [-0.39, 0.29) is 23.4 Å². The lowest BCUT2D eigenvalue weighted by atomic mass is 9.79. The Morgan fingerprint density at radius 1 is 1.26 bits per heavy atom. The van der Waals surface area contributed by atoms with Crippen molar-refractivity contribution in [1.82, 2.24) is 9.62 Å². The monoisotopic (exact) mass is 491 g/mol. The molecule has 1 heterocycles. The van der Waals surface area contributed by atoms with Crippen LogP contribution in [0.2, 0.25) is 0 Å². The summed E-state index contributed by atoms with van der Waals surface area (Å²) in [4.78, 5) is 37.2. The summed E-state index contributed by atoms with van der Waals surface area (Å²) < 4.78 is 31.8. The Hall–Kier alpha value is -3.31. The number of ether oxygens (including phenoxy) is 1. The summed E-state index contributed by atoms with van der Waals surface area (Å²) in [5, 5.41) is 14.4. The van der Waals surface area contributed by atoms with Crippen LogP contribution in [0.3, 0.4) is 0 Å². The van der Waals surface area contributed by atoms with E-state index in [4.69, 9.17) is 4.74 Å². The number of nitrogens with zero attached hydrogens (tertiary/aromatic N) is 2. The molecular formula is C23H29N3O7S. The molecular weight excluding hydrogens is 462 g/mol. The number of Topliss-reactive ketones (excluding diaryl/α,β-unsaturated/α-hetero) is 1. The van der Waals surface area contributed by atoms with Gasteiger partial charge in [-0.15, -0.1) is 6.58 Å². The van der Waals surface area contributed by atoms with Crippen LogP contribution in [0.15, 0.2) is 59.5 Å². The van der Waals surface area contributed by atoms with Gasteiger partial charge in [-0.25, -0.2) is 17.5 Å². The lowest BCUT2D eigenvalue weighted by Gasteiger charge is -2.31. The number of non-ortho nitro benzene ring substituents is 1. The minimum absolute atomic E-state index is 0.0190. The van der Waals surface area contributed by atoms with Crippen molar-refractivity contribution in [3.63, 3.8) is 0 Å². The summed E-state index contributed by atoms with van der Waals surface area (Å²) in [5.74, 6) is -3.34. The number of hydrogen-bond donors (Lipinski definition) is 1. The van der Waals surface area contributed by atoms with Crippen molar-refractivity contribution < 1.29 is 27.7 Å². The van der Waals surface area contributed by atoms with Crippen molar-refractivity contribution in [2.45, 2.75) is 39.7 Å². The van der Waals surface area contributed by atoms with Gasteiger partial charge >= 0.3 is 5.97 Å². The number of ketones is 1. The second-order valence-corrected chi connectivity index (χ2v) is 10.3. The molecule has 0 spiro atoms. The van der Waals surface area contributed by atoms with E-state index in [1.165, 1.54) is 31.3 Å². The third-order valence-corrected chi connectivity index (χ3v) is 6.94. The molecule has 1 atom stereocenters. The van der Waals surface area contributed by atoms with Gasteiger partial charge in [0.1, 0.15) is 5.75 Å². The summed E-state index contributed by atoms with van der Waals surface area (Å²) in [6.07, 6.45) is 0.935. The number of dihydropyridines is 1. The Bertz CT molecular complexity index is 1180. The first-order chi connectivity index (χ1) is 15.8. The largest absolute Gasteiger partial charge is 0.460 e. The van der Waals surface area contributed by atoms with Crippen LogP contribution in [0.5, 0.6) is 0 Å². The van der Waals surface area contributed by atoms with E-state index in [1.54, 1.807) is 33.8 Å². The van der Waals surface area contributed by atoms with Gasteiger partial charge in [-0.3, -0.25) is 14.9 Å². The van der Waals surface area contributed by atoms with Crippen molar-refractivity contribution in [2.24, 2.45) is 0 Å². The molecule has 1 aliphatic rings. The van der Waals surface area contributed by atoms with E-state index >= 15 is 0 Å². The molecule has 0 saturated heterocycles. The van der Waals surface area contributed by atoms with E-state index in [0.717, 1.165) is 4.31 Å². The Labute approximate surface area is 199 Å². The molecule has 1 unspecified atom stereocenters. The summed E-state index contributed by atoms with van der Waals surface area (Å²) in [6, 6.07) is 5.56. The number of nitro benzene ring substituents is 1. The summed E-state index contributed by atoms with van der Waals surface area (Å²) >= 11 is 0. The topological polar surface area (TPSA) is 136 Å². The maximum absolute atomic E-state index is 13.4. The number of allylic oxidation sites excluding steroid dienone is 3. The zero-order valence-corrected chi connectivity index (χ0v) is 20.6. The first-order valence-electron chi connectivity index (χ1n) is 10.5. The molecule has 0 aromatic heterocycles. The Kier molecular flexibility index (Phi) is 8.51. The number of carbonyl (C=O) groups excluding carboxylic acids is 2. The lowest BCUT2D eigenvalue weighted by molar-refractivity contribution is -0.384. The highest BCUT2D eigenvalue weighted by molar-refractivity contribution is 7.89. The molecule has 0 amide bonds. The highest BCUT2D eigenvalue weighted by Gasteiger charge is 2.39. The fourth-order valence-corrected chi connectivity index (χ4v) is 4.75. The molecule has 0 fully saturated rings. The van der Waals surface area contributed by atoms with E-state index in [9.17, 15) is 28.1 Å². The van der Waals surface area contributed by atoms with Gasteiger partial charge in [-0.05, 0) is 33.3 Å². The van der Waals surface area contributed by atoms with E-state index in [0.29, 0.717) is 17.0 Å². The molecule has 11 heteroatoms. The third-order valence-electron chi connectivity index (χ3n) is 5.21. The number of rotatable bonds is 10. The minimum Gasteiger partial charge on any atom is -0.460 e. The second-order valence-electron chi connectivity index (χ2n) is 8.19. The van der Waals surface area contributed by atoms with Crippen molar-refractivity contribution >= 4 is 27.5 Å². The lowest BCUT2D eigenvalue weighted by Crippen LogP contribution is -2.37. The second kappa shape index (κ2) is 10.7. The smallest absolute Gasteiger partial charge is 0.337 e. The quantitative estimate of drug-likeness (QED) is 0.228. The third kappa shape index (κ3) is 5.97. The van der Waals surface area contributed by atoms with Crippen LogP contribution in [0.4, 0.5) is 5.69 Å². The maximum Gasteiger partial charge on any atom is 0.337 e. The minimum atomic E-state index is -3.98. The molecule has 2 rings (SSSR count). The van der Waals surface area contributed by atoms with Gasteiger partial charge < -0.3 is 10.1 Å². The maximum atomic E-state index is 13.4. The van der Waals surface area contributed by atoms with Gasteiger partial charge in [-0.2, -0.15) is 0 Å². The highest BCUT2D eigenvalue weighted by atomic mass is 32.2. The average molecular weight is 492 g/mol. The predicted octanol–water partition coefficient (Wildman–Crippen LogP) is 2.80. The summed E-state index contributed by atoms with van der Waals surface area (Å²) in [5.41, 5.74) is 0.931. The number of carbonyl (C=O) groups is 2. The molecule has 0 aliphatic carbocycles. The summed E-state index contributed by atoms with van der Waals surface area (Å²) in [6.45, 7) is 10.1. The van der Waals surface area contributed by atoms with Crippen LogP contribution in [0.25, 0.3) is 0 Å². The number of nitro groups is 1. The zero-order chi connectivity index (χ0) is 25.8. The van der Waals surface area contributed by atoms with Gasteiger partial charge in [0.2, 0.25) is 10.0 Å². The van der Waals surface area contributed by atoms with Crippen LogP contribution < -0.4 is 5.32 Å². The first kappa shape index (κ1) is 26.9. The van der Waals surface area contributed by atoms with E-state index < -0.39 is 44.5 Å².